The lowest BCUT2D eigenvalue weighted by molar-refractivity contribution is -0.129. The van der Waals surface area contributed by atoms with Crippen LogP contribution in [-0.2, 0) is 4.79 Å². The molecule has 0 aliphatic carbocycles. The number of carbonyl (C=O) groups is 2. The molecule has 2 aromatic rings. The van der Waals surface area contributed by atoms with Crippen LogP contribution in [0.25, 0.3) is 0 Å². The second kappa shape index (κ2) is 10.5. The fourth-order valence-corrected chi connectivity index (χ4v) is 3.46. The molecule has 0 unspecified atom stereocenters. The number of aliphatic hydroxyl groups excluding tert-OH is 1. The zero-order valence-electron chi connectivity index (χ0n) is 19.2. The Balaban J connectivity index is 1.99. The van der Waals surface area contributed by atoms with E-state index >= 15 is 0 Å². The number of ether oxygens (including phenoxy) is 1. The minimum absolute atomic E-state index is 0.0934. The van der Waals surface area contributed by atoms with Gasteiger partial charge in [0.15, 0.2) is 0 Å². The normalized spacial score (nSPS) is 18.7. The average Bonchev–Trinajstić information content (AvgIpc) is 2.80. The smallest absolute Gasteiger partial charge is 0.259 e. The molecule has 1 aliphatic heterocycles. The number of carbonyl (C=O) groups excluding carboxylic acids is 2. The summed E-state index contributed by atoms with van der Waals surface area (Å²) < 4.78 is 19.2. The molecule has 33 heavy (non-hydrogen) atoms. The van der Waals surface area contributed by atoms with E-state index in [-0.39, 0.29) is 41.6 Å². The van der Waals surface area contributed by atoms with Crippen LogP contribution in [0.2, 0.25) is 0 Å². The van der Waals surface area contributed by atoms with E-state index in [1.165, 1.54) is 25.3 Å². The number of fused-ring (bicyclic) bond motifs is 1. The SMILES string of the molecule is CC(=O)N(C)C[C@@H]1Oc2ncc(C#Cc3ccc(F)cc3)cc2C(=O)N([C@@H](C)CO)C[C@@H]1C. The minimum Gasteiger partial charge on any atom is -0.472 e. The summed E-state index contributed by atoms with van der Waals surface area (Å²) in [6.07, 6.45) is 1.11. The van der Waals surface area contributed by atoms with E-state index in [1.54, 1.807) is 42.0 Å². The van der Waals surface area contributed by atoms with Gasteiger partial charge in [-0.15, -0.1) is 0 Å². The van der Waals surface area contributed by atoms with Gasteiger partial charge >= 0.3 is 0 Å². The van der Waals surface area contributed by atoms with Crippen molar-refractivity contribution in [3.63, 3.8) is 0 Å². The predicted octanol–water partition coefficient (Wildman–Crippen LogP) is 2.32. The molecule has 0 saturated carbocycles. The average molecular weight is 454 g/mol. The third-order valence-corrected chi connectivity index (χ3v) is 5.71. The number of halogens is 1. The molecule has 2 heterocycles. The van der Waals surface area contributed by atoms with Crippen LogP contribution in [0.1, 0.15) is 42.3 Å². The molecule has 174 valence electrons. The van der Waals surface area contributed by atoms with Crippen LogP contribution in [0.5, 0.6) is 5.88 Å². The van der Waals surface area contributed by atoms with Crippen molar-refractivity contribution in [3.05, 3.63) is 59.0 Å². The van der Waals surface area contributed by atoms with Crippen LogP contribution < -0.4 is 4.74 Å². The van der Waals surface area contributed by atoms with E-state index in [0.29, 0.717) is 24.2 Å². The first-order valence-electron chi connectivity index (χ1n) is 10.8. The molecular formula is C25H28FN3O4. The topological polar surface area (TPSA) is 83.0 Å². The highest BCUT2D eigenvalue weighted by Gasteiger charge is 2.34. The molecule has 0 radical (unpaired) electrons. The van der Waals surface area contributed by atoms with Gasteiger partial charge in [-0.05, 0) is 37.3 Å². The maximum atomic E-state index is 13.4. The van der Waals surface area contributed by atoms with Crippen molar-refractivity contribution < 1.29 is 23.8 Å². The Morgan fingerprint density at radius 1 is 1.33 bits per heavy atom. The highest BCUT2D eigenvalue weighted by Crippen LogP contribution is 2.27. The van der Waals surface area contributed by atoms with E-state index in [9.17, 15) is 19.1 Å². The molecule has 1 N–H and O–H groups in total. The fourth-order valence-electron chi connectivity index (χ4n) is 3.46. The van der Waals surface area contributed by atoms with Crippen LogP contribution in [0.15, 0.2) is 36.5 Å². The summed E-state index contributed by atoms with van der Waals surface area (Å²) in [7, 11) is 1.69. The molecule has 1 aromatic carbocycles. The van der Waals surface area contributed by atoms with Gasteiger partial charge in [0.05, 0.1) is 19.2 Å². The Morgan fingerprint density at radius 2 is 2.00 bits per heavy atom. The molecular weight excluding hydrogens is 425 g/mol. The molecule has 7 nitrogen and oxygen atoms in total. The number of pyridine rings is 1. The Bertz CT molecular complexity index is 1080. The van der Waals surface area contributed by atoms with Crippen molar-refractivity contribution in [1.29, 1.82) is 0 Å². The lowest BCUT2D eigenvalue weighted by Gasteiger charge is -2.37. The quantitative estimate of drug-likeness (QED) is 0.719. The Labute approximate surface area is 193 Å². The summed E-state index contributed by atoms with van der Waals surface area (Å²) in [4.78, 5) is 32.7. The number of hydrogen-bond donors (Lipinski definition) is 1. The number of aromatic nitrogens is 1. The third kappa shape index (κ3) is 5.88. The first-order valence-corrected chi connectivity index (χ1v) is 10.8. The van der Waals surface area contributed by atoms with E-state index in [2.05, 4.69) is 16.8 Å². The monoisotopic (exact) mass is 453 g/mol. The van der Waals surface area contributed by atoms with Crippen molar-refractivity contribution in [2.75, 3.05) is 26.7 Å². The molecule has 0 spiro atoms. The summed E-state index contributed by atoms with van der Waals surface area (Å²) in [5.74, 6) is 5.18. The standard InChI is InChI=1S/C25H28FN3O4/c1-16-13-29(17(2)15-30)25(32)22-11-20(6-5-19-7-9-21(26)10-8-19)12-27-24(22)33-23(16)14-28(4)18(3)31/h7-12,16-17,23,30H,13-15H2,1-4H3/t16-,17-,23-/m0/s1. The summed E-state index contributed by atoms with van der Waals surface area (Å²) in [6, 6.07) is 6.99. The number of benzene rings is 1. The number of nitrogens with zero attached hydrogens (tertiary/aromatic N) is 3. The van der Waals surface area contributed by atoms with Crippen LogP contribution in [0.4, 0.5) is 4.39 Å². The van der Waals surface area contributed by atoms with Gasteiger partial charge in [0, 0.05) is 43.8 Å². The number of rotatable bonds is 4. The second-order valence-electron chi connectivity index (χ2n) is 8.36. The molecule has 0 bridgehead atoms. The van der Waals surface area contributed by atoms with Gasteiger partial charge in [0.2, 0.25) is 11.8 Å². The molecule has 2 amide bonds. The second-order valence-corrected chi connectivity index (χ2v) is 8.36. The number of aliphatic hydroxyl groups is 1. The summed E-state index contributed by atoms with van der Waals surface area (Å²) in [5.41, 5.74) is 1.36. The van der Waals surface area contributed by atoms with Crippen molar-refractivity contribution in [1.82, 2.24) is 14.8 Å². The number of amides is 2. The van der Waals surface area contributed by atoms with Crippen LogP contribution in [0.3, 0.4) is 0 Å². The lowest BCUT2D eigenvalue weighted by atomic mass is 10.00. The van der Waals surface area contributed by atoms with Crippen LogP contribution in [0, 0.1) is 23.6 Å². The third-order valence-electron chi connectivity index (χ3n) is 5.71. The van der Waals surface area contributed by atoms with Gasteiger partial charge in [0.25, 0.3) is 5.91 Å². The Kier molecular flexibility index (Phi) is 7.67. The van der Waals surface area contributed by atoms with Crippen molar-refractivity contribution in [3.8, 4) is 17.7 Å². The van der Waals surface area contributed by atoms with Gasteiger partial charge in [-0.25, -0.2) is 9.37 Å². The number of likely N-dealkylation sites (N-methyl/N-ethyl adjacent to an activating group) is 1. The predicted molar refractivity (Wildman–Crippen MR) is 121 cm³/mol. The molecule has 0 saturated heterocycles. The Hall–Kier alpha value is -3.44. The van der Waals surface area contributed by atoms with Crippen LogP contribution in [-0.4, -0.2) is 70.6 Å². The van der Waals surface area contributed by atoms with Crippen molar-refractivity contribution >= 4 is 11.8 Å². The zero-order chi connectivity index (χ0) is 24.1. The van der Waals surface area contributed by atoms with E-state index < -0.39 is 12.1 Å². The summed E-state index contributed by atoms with van der Waals surface area (Å²) in [6.45, 7) is 5.69. The molecule has 3 atom stereocenters. The zero-order valence-corrected chi connectivity index (χ0v) is 19.2. The largest absolute Gasteiger partial charge is 0.472 e. The molecule has 1 aromatic heterocycles. The fraction of sp³-hybridized carbons (Fsp3) is 0.400. The number of hydrogen-bond acceptors (Lipinski definition) is 5. The van der Waals surface area contributed by atoms with Gasteiger partial charge in [-0.1, -0.05) is 18.8 Å². The first-order chi connectivity index (χ1) is 15.7. The molecule has 1 aliphatic rings. The van der Waals surface area contributed by atoms with Gasteiger partial charge < -0.3 is 19.6 Å². The lowest BCUT2D eigenvalue weighted by Crippen LogP contribution is -2.50. The van der Waals surface area contributed by atoms with E-state index in [0.717, 1.165) is 0 Å². The van der Waals surface area contributed by atoms with E-state index in [1.807, 2.05) is 6.92 Å². The highest BCUT2D eigenvalue weighted by atomic mass is 19.1. The van der Waals surface area contributed by atoms with Crippen LogP contribution >= 0.6 is 0 Å². The summed E-state index contributed by atoms with van der Waals surface area (Å²) >= 11 is 0. The van der Waals surface area contributed by atoms with Gasteiger partial charge in [-0.2, -0.15) is 0 Å². The first kappa shape index (κ1) is 24.2. The van der Waals surface area contributed by atoms with E-state index in [4.69, 9.17) is 4.74 Å². The Morgan fingerprint density at radius 3 is 2.64 bits per heavy atom. The minimum atomic E-state index is -0.411. The molecule has 0 fully saturated rings. The van der Waals surface area contributed by atoms with Crippen molar-refractivity contribution in [2.45, 2.75) is 32.9 Å². The van der Waals surface area contributed by atoms with Crippen molar-refractivity contribution in [2.24, 2.45) is 5.92 Å². The summed E-state index contributed by atoms with van der Waals surface area (Å²) in [5, 5.41) is 9.73. The maximum Gasteiger partial charge on any atom is 0.259 e. The maximum absolute atomic E-state index is 13.4. The highest BCUT2D eigenvalue weighted by molar-refractivity contribution is 5.97. The van der Waals surface area contributed by atoms with Gasteiger partial charge in [0.1, 0.15) is 17.5 Å². The van der Waals surface area contributed by atoms with Gasteiger partial charge in [-0.3, -0.25) is 9.59 Å². The molecule has 8 heteroatoms. The molecule has 3 rings (SSSR count).